The van der Waals surface area contributed by atoms with Crippen LogP contribution in [-0.2, 0) is 13.0 Å². The predicted molar refractivity (Wildman–Crippen MR) is 137 cm³/mol. The van der Waals surface area contributed by atoms with Crippen LogP contribution in [0.2, 0.25) is 0 Å². The fourth-order valence-electron chi connectivity index (χ4n) is 4.49. The van der Waals surface area contributed by atoms with Gasteiger partial charge in [0.25, 0.3) is 11.5 Å². The van der Waals surface area contributed by atoms with E-state index >= 15 is 0 Å². The van der Waals surface area contributed by atoms with Crippen LogP contribution in [0, 0.1) is 13.8 Å². The van der Waals surface area contributed by atoms with Crippen LogP contribution in [0.4, 0.5) is 5.82 Å². The van der Waals surface area contributed by atoms with Gasteiger partial charge in [-0.2, -0.15) is 0 Å². The number of H-pyrrole nitrogens is 1. The standard InChI is InChI=1S/C27H31N5O2/c1-6-18-9-17(5)31-27(34)22(18)13-30-26(33)21-10-20(19-7-8-24(28)29-12-19)11-23-25(21)16(4)14-32(23)15(2)3/h7-12,14-15H,6,13H2,1-5H3,(H2,28,29)(H,30,33)(H,31,34). The molecule has 0 aliphatic carbocycles. The van der Waals surface area contributed by atoms with Crippen molar-refractivity contribution in [3.63, 3.8) is 0 Å². The Bertz CT molecular complexity index is 1430. The number of nitrogens with two attached hydrogens (primary N) is 1. The van der Waals surface area contributed by atoms with E-state index in [1.807, 2.05) is 39.0 Å². The number of nitrogens with zero attached hydrogens (tertiary/aromatic N) is 2. The van der Waals surface area contributed by atoms with Gasteiger partial charge in [0.1, 0.15) is 5.82 Å². The number of hydrogen-bond acceptors (Lipinski definition) is 4. The van der Waals surface area contributed by atoms with Crippen LogP contribution in [0.5, 0.6) is 0 Å². The van der Waals surface area contributed by atoms with Crippen LogP contribution >= 0.6 is 0 Å². The molecule has 3 heterocycles. The molecule has 4 aromatic rings. The van der Waals surface area contributed by atoms with Crippen molar-refractivity contribution in [1.82, 2.24) is 19.9 Å². The van der Waals surface area contributed by atoms with Crippen LogP contribution < -0.4 is 16.6 Å². The number of carbonyl (C=O) groups excluding carboxylic acids is 1. The maximum absolute atomic E-state index is 13.5. The van der Waals surface area contributed by atoms with Crippen molar-refractivity contribution in [2.75, 3.05) is 5.73 Å². The Morgan fingerprint density at radius 1 is 1.18 bits per heavy atom. The topological polar surface area (TPSA) is 106 Å². The first-order chi connectivity index (χ1) is 16.2. The van der Waals surface area contributed by atoms with Crippen LogP contribution in [-0.4, -0.2) is 20.4 Å². The lowest BCUT2D eigenvalue weighted by Crippen LogP contribution is -2.28. The van der Waals surface area contributed by atoms with E-state index in [1.165, 1.54) is 0 Å². The lowest BCUT2D eigenvalue weighted by Gasteiger charge is -2.14. The number of nitrogen functional groups attached to an aromatic ring is 1. The highest BCUT2D eigenvalue weighted by atomic mass is 16.1. The minimum absolute atomic E-state index is 0.161. The molecule has 0 fully saturated rings. The maximum Gasteiger partial charge on any atom is 0.253 e. The number of rotatable bonds is 6. The monoisotopic (exact) mass is 457 g/mol. The number of carbonyl (C=O) groups is 1. The number of aryl methyl sites for hydroxylation is 3. The number of pyridine rings is 2. The summed E-state index contributed by atoms with van der Waals surface area (Å²) in [6, 6.07) is 9.82. The number of amides is 1. The SMILES string of the molecule is CCc1cc(C)[nH]c(=O)c1CNC(=O)c1cc(-c2ccc(N)nc2)cc2c1c(C)cn2C(C)C. The fraction of sp³-hybridized carbons (Fsp3) is 0.296. The quantitative estimate of drug-likeness (QED) is 0.391. The van der Waals surface area contributed by atoms with Gasteiger partial charge < -0.3 is 20.6 Å². The molecule has 4 N–H and O–H groups in total. The van der Waals surface area contributed by atoms with Crippen LogP contribution in [0.3, 0.4) is 0 Å². The van der Waals surface area contributed by atoms with Gasteiger partial charge in [-0.3, -0.25) is 9.59 Å². The molecule has 0 aliphatic rings. The molecule has 176 valence electrons. The molecule has 1 aromatic carbocycles. The van der Waals surface area contributed by atoms with Crippen LogP contribution in [0.1, 0.15) is 59.6 Å². The molecule has 0 saturated heterocycles. The van der Waals surface area contributed by atoms with Gasteiger partial charge in [-0.25, -0.2) is 4.98 Å². The predicted octanol–water partition coefficient (Wildman–Crippen LogP) is 4.66. The third-order valence-corrected chi connectivity index (χ3v) is 6.21. The number of anilines is 1. The molecule has 7 nitrogen and oxygen atoms in total. The molecule has 0 aliphatic heterocycles. The second kappa shape index (κ2) is 9.17. The first-order valence-electron chi connectivity index (χ1n) is 11.6. The van der Waals surface area contributed by atoms with Crippen molar-refractivity contribution in [2.24, 2.45) is 0 Å². The van der Waals surface area contributed by atoms with Gasteiger partial charge in [-0.1, -0.05) is 6.92 Å². The van der Waals surface area contributed by atoms with Gasteiger partial charge in [0.2, 0.25) is 0 Å². The first-order valence-corrected chi connectivity index (χ1v) is 11.6. The van der Waals surface area contributed by atoms with Crippen molar-refractivity contribution in [3.05, 3.63) is 81.0 Å². The van der Waals surface area contributed by atoms with Gasteiger partial charge in [0.15, 0.2) is 0 Å². The molecular weight excluding hydrogens is 426 g/mol. The zero-order chi connectivity index (χ0) is 24.6. The number of hydrogen-bond donors (Lipinski definition) is 3. The summed E-state index contributed by atoms with van der Waals surface area (Å²) < 4.78 is 2.18. The zero-order valence-corrected chi connectivity index (χ0v) is 20.3. The number of aromatic amines is 1. The Labute approximate surface area is 199 Å². The third kappa shape index (κ3) is 4.33. The van der Waals surface area contributed by atoms with E-state index in [0.717, 1.165) is 45.3 Å². The molecule has 0 spiro atoms. The van der Waals surface area contributed by atoms with Crippen molar-refractivity contribution < 1.29 is 4.79 Å². The van der Waals surface area contributed by atoms with Gasteiger partial charge in [-0.15, -0.1) is 0 Å². The van der Waals surface area contributed by atoms with E-state index < -0.39 is 0 Å². The highest BCUT2D eigenvalue weighted by molar-refractivity contribution is 6.09. The second-order valence-electron chi connectivity index (χ2n) is 9.02. The number of fused-ring (bicyclic) bond motifs is 1. The summed E-state index contributed by atoms with van der Waals surface area (Å²) in [5, 5.41) is 3.90. The van der Waals surface area contributed by atoms with Crippen molar-refractivity contribution in [1.29, 1.82) is 0 Å². The number of aromatic nitrogens is 3. The molecule has 7 heteroatoms. The first kappa shape index (κ1) is 23.3. The van der Waals surface area contributed by atoms with E-state index in [9.17, 15) is 9.59 Å². The summed E-state index contributed by atoms with van der Waals surface area (Å²) in [6.07, 6.45) is 4.51. The molecule has 0 saturated carbocycles. The van der Waals surface area contributed by atoms with E-state index in [-0.39, 0.29) is 24.1 Å². The molecular formula is C27H31N5O2. The van der Waals surface area contributed by atoms with Crippen molar-refractivity contribution in [2.45, 2.75) is 53.6 Å². The lowest BCUT2D eigenvalue weighted by molar-refractivity contribution is 0.0952. The summed E-state index contributed by atoms with van der Waals surface area (Å²) in [5.41, 5.74) is 12.3. The van der Waals surface area contributed by atoms with E-state index in [1.54, 1.807) is 12.3 Å². The average molecular weight is 458 g/mol. The largest absolute Gasteiger partial charge is 0.384 e. The Balaban J connectivity index is 1.80. The van der Waals surface area contributed by atoms with Crippen molar-refractivity contribution >= 4 is 22.6 Å². The van der Waals surface area contributed by atoms with Crippen molar-refractivity contribution in [3.8, 4) is 11.1 Å². The Hall–Kier alpha value is -3.87. The average Bonchev–Trinajstić information content (AvgIpc) is 3.14. The highest BCUT2D eigenvalue weighted by Crippen LogP contribution is 2.33. The summed E-state index contributed by atoms with van der Waals surface area (Å²) >= 11 is 0. The normalized spacial score (nSPS) is 11.4. The smallest absolute Gasteiger partial charge is 0.253 e. The summed E-state index contributed by atoms with van der Waals surface area (Å²) in [7, 11) is 0. The Kier molecular flexibility index (Phi) is 6.28. The summed E-state index contributed by atoms with van der Waals surface area (Å²) in [5.74, 6) is 0.223. The van der Waals surface area contributed by atoms with Crippen LogP contribution in [0.15, 0.2) is 47.5 Å². The lowest BCUT2D eigenvalue weighted by atomic mass is 9.98. The second-order valence-corrected chi connectivity index (χ2v) is 9.02. The van der Waals surface area contributed by atoms with Crippen LogP contribution in [0.25, 0.3) is 22.0 Å². The highest BCUT2D eigenvalue weighted by Gasteiger charge is 2.19. The molecule has 34 heavy (non-hydrogen) atoms. The molecule has 3 aromatic heterocycles. The molecule has 4 rings (SSSR count). The molecule has 0 unspecified atom stereocenters. The maximum atomic E-state index is 13.5. The minimum atomic E-state index is -0.220. The Morgan fingerprint density at radius 3 is 2.59 bits per heavy atom. The molecule has 0 bridgehead atoms. The zero-order valence-electron chi connectivity index (χ0n) is 20.3. The summed E-state index contributed by atoms with van der Waals surface area (Å²) in [6.45, 7) is 10.3. The number of benzene rings is 1. The van der Waals surface area contributed by atoms with Gasteiger partial charge in [-0.05, 0) is 81.1 Å². The third-order valence-electron chi connectivity index (χ3n) is 6.21. The van der Waals surface area contributed by atoms with E-state index in [0.29, 0.717) is 16.9 Å². The van der Waals surface area contributed by atoms with Gasteiger partial charge >= 0.3 is 0 Å². The van der Waals surface area contributed by atoms with Gasteiger partial charge in [0, 0.05) is 58.3 Å². The summed E-state index contributed by atoms with van der Waals surface area (Å²) in [4.78, 5) is 33.1. The van der Waals surface area contributed by atoms with E-state index in [4.69, 9.17) is 5.73 Å². The molecule has 0 atom stereocenters. The minimum Gasteiger partial charge on any atom is -0.384 e. The fourth-order valence-corrected chi connectivity index (χ4v) is 4.49. The molecule has 1 amide bonds. The molecule has 0 radical (unpaired) electrons. The number of nitrogens with one attached hydrogen (secondary N) is 2. The Morgan fingerprint density at radius 2 is 1.94 bits per heavy atom. The van der Waals surface area contributed by atoms with E-state index in [2.05, 4.69) is 46.0 Å². The van der Waals surface area contributed by atoms with Gasteiger partial charge in [0.05, 0.1) is 0 Å².